The second kappa shape index (κ2) is 8.08. The number of nitrogens with zero attached hydrogens (tertiary/aromatic N) is 2. The number of ether oxygens (including phenoxy) is 1. The standard InChI is InChI=1S/C27H23N3O3S/c1-17-11-13-19(14-12-17)16-30-23-10-6-5-9-21(23)25-26(34(30,31)32)24(22(15-28)27(29)33-25)20-8-4-3-7-18(20)2/h3-14,24H,16,29H2,1-2H3/t24-/m0/s1. The van der Waals surface area contributed by atoms with Crippen LogP contribution in [0.3, 0.4) is 0 Å². The summed E-state index contributed by atoms with van der Waals surface area (Å²) in [7, 11) is -4.08. The van der Waals surface area contributed by atoms with Crippen molar-refractivity contribution in [3.63, 3.8) is 0 Å². The third-order valence-electron chi connectivity index (χ3n) is 6.30. The van der Waals surface area contributed by atoms with Gasteiger partial charge in [0.1, 0.15) is 16.5 Å². The van der Waals surface area contributed by atoms with Gasteiger partial charge in [0.15, 0.2) is 5.76 Å². The molecule has 0 unspecified atom stereocenters. The van der Waals surface area contributed by atoms with E-state index in [4.69, 9.17) is 10.5 Å². The van der Waals surface area contributed by atoms with E-state index in [-0.39, 0.29) is 28.7 Å². The predicted molar refractivity (Wildman–Crippen MR) is 131 cm³/mol. The number of anilines is 1. The highest BCUT2D eigenvalue weighted by Crippen LogP contribution is 2.51. The first kappa shape index (κ1) is 21.8. The molecule has 2 heterocycles. The van der Waals surface area contributed by atoms with Gasteiger partial charge in [0.05, 0.1) is 18.2 Å². The van der Waals surface area contributed by atoms with Crippen LogP contribution in [0.4, 0.5) is 5.69 Å². The van der Waals surface area contributed by atoms with Crippen molar-refractivity contribution in [1.82, 2.24) is 0 Å². The smallest absolute Gasteiger partial charge is 0.265 e. The number of hydrogen-bond donors (Lipinski definition) is 1. The second-order valence-corrected chi connectivity index (χ2v) is 10.3. The molecule has 3 aromatic carbocycles. The van der Waals surface area contributed by atoms with Crippen LogP contribution in [-0.2, 0) is 21.3 Å². The van der Waals surface area contributed by atoms with Crippen LogP contribution in [-0.4, -0.2) is 8.42 Å². The van der Waals surface area contributed by atoms with Gasteiger partial charge < -0.3 is 10.5 Å². The lowest BCUT2D eigenvalue weighted by molar-refractivity contribution is 0.357. The van der Waals surface area contributed by atoms with Gasteiger partial charge in [0.2, 0.25) is 5.88 Å². The van der Waals surface area contributed by atoms with Crippen molar-refractivity contribution in [3.05, 3.63) is 117 Å². The summed E-state index contributed by atoms with van der Waals surface area (Å²) in [5.41, 5.74) is 10.9. The van der Waals surface area contributed by atoms with Crippen LogP contribution in [0.2, 0.25) is 0 Å². The molecule has 0 saturated heterocycles. The molecule has 0 spiro atoms. The second-order valence-electron chi connectivity index (χ2n) is 8.49. The van der Waals surface area contributed by atoms with Crippen LogP contribution >= 0.6 is 0 Å². The Balaban J connectivity index is 1.77. The number of fused-ring (bicyclic) bond motifs is 2. The Kier molecular flexibility index (Phi) is 5.18. The van der Waals surface area contributed by atoms with E-state index in [0.29, 0.717) is 16.8 Å². The maximum absolute atomic E-state index is 14.3. The summed E-state index contributed by atoms with van der Waals surface area (Å²) in [6.07, 6.45) is 0. The van der Waals surface area contributed by atoms with Crippen LogP contribution in [0.5, 0.6) is 0 Å². The third-order valence-corrected chi connectivity index (χ3v) is 8.19. The molecule has 6 nitrogen and oxygen atoms in total. The van der Waals surface area contributed by atoms with E-state index in [1.165, 1.54) is 4.31 Å². The average Bonchev–Trinajstić information content (AvgIpc) is 2.82. The number of nitriles is 1. The number of benzene rings is 3. The molecule has 0 aliphatic carbocycles. The van der Waals surface area contributed by atoms with E-state index in [1.807, 2.05) is 74.5 Å². The molecule has 170 valence electrons. The fourth-order valence-electron chi connectivity index (χ4n) is 4.56. The zero-order valence-electron chi connectivity index (χ0n) is 18.8. The molecular weight excluding hydrogens is 446 g/mol. The van der Waals surface area contributed by atoms with Crippen LogP contribution in [0.15, 0.2) is 89.2 Å². The summed E-state index contributed by atoms with van der Waals surface area (Å²) in [5, 5.41) is 9.97. The van der Waals surface area contributed by atoms with Crippen LogP contribution in [0.1, 0.15) is 33.7 Å². The molecule has 0 aromatic heterocycles. The quantitative estimate of drug-likeness (QED) is 0.593. The van der Waals surface area contributed by atoms with Crippen LogP contribution in [0.25, 0.3) is 5.76 Å². The van der Waals surface area contributed by atoms with Crippen molar-refractivity contribution in [3.8, 4) is 6.07 Å². The Bertz CT molecular complexity index is 1510. The van der Waals surface area contributed by atoms with Gasteiger partial charge in [-0.25, -0.2) is 8.42 Å². The number of sulfonamides is 1. The molecule has 0 saturated carbocycles. The van der Waals surface area contributed by atoms with Crippen molar-refractivity contribution in [1.29, 1.82) is 5.26 Å². The molecule has 0 bridgehead atoms. The fourth-order valence-corrected chi connectivity index (χ4v) is 6.46. The average molecular weight is 470 g/mol. The van der Waals surface area contributed by atoms with Crippen molar-refractivity contribution in [2.75, 3.05) is 4.31 Å². The van der Waals surface area contributed by atoms with Gasteiger partial charge in [-0.05, 0) is 42.7 Å². The topological polar surface area (TPSA) is 96.4 Å². The van der Waals surface area contributed by atoms with Crippen LogP contribution in [0, 0.1) is 25.2 Å². The van der Waals surface area contributed by atoms with E-state index in [9.17, 15) is 13.7 Å². The van der Waals surface area contributed by atoms with Gasteiger partial charge in [-0.1, -0.05) is 66.2 Å². The number of para-hydroxylation sites is 1. The number of nitrogens with two attached hydrogens (primary N) is 1. The molecule has 0 fully saturated rings. The van der Waals surface area contributed by atoms with Crippen molar-refractivity contribution in [2.24, 2.45) is 5.73 Å². The minimum Gasteiger partial charge on any atom is -0.439 e. The van der Waals surface area contributed by atoms with E-state index >= 15 is 0 Å². The van der Waals surface area contributed by atoms with Gasteiger partial charge in [0.25, 0.3) is 10.0 Å². The highest BCUT2D eigenvalue weighted by Gasteiger charge is 2.47. The Labute approximate surface area is 199 Å². The normalized spacial score (nSPS) is 18.6. The lowest BCUT2D eigenvalue weighted by atomic mass is 9.86. The highest BCUT2D eigenvalue weighted by molar-refractivity contribution is 7.96. The van der Waals surface area contributed by atoms with Crippen LogP contribution < -0.4 is 10.0 Å². The van der Waals surface area contributed by atoms with Crippen molar-refractivity contribution >= 4 is 21.5 Å². The summed E-state index contributed by atoms with van der Waals surface area (Å²) in [6.45, 7) is 4.03. The maximum atomic E-state index is 14.3. The highest BCUT2D eigenvalue weighted by atomic mass is 32.2. The molecule has 2 aliphatic heterocycles. The van der Waals surface area contributed by atoms with E-state index in [0.717, 1.165) is 16.7 Å². The monoisotopic (exact) mass is 469 g/mol. The third kappa shape index (κ3) is 3.35. The molecule has 1 atom stereocenters. The summed E-state index contributed by atoms with van der Waals surface area (Å²) in [6, 6.07) is 24.5. The number of allylic oxidation sites excluding steroid dienone is 2. The molecule has 0 amide bonds. The van der Waals surface area contributed by atoms with Crippen molar-refractivity contribution < 1.29 is 13.2 Å². The minimum atomic E-state index is -4.08. The SMILES string of the molecule is Cc1ccc(CN2c3ccccc3C3=C([C@@H](c4ccccc4C)C(C#N)=C(N)O3)S2(=O)=O)cc1. The van der Waals surface area contributed by atoms with Gasteiger partial charge in [-0.15, -0.1) is 0 Å². The minimum absolute atomic E-state index is 0.0401. The molecule has 2 N–H and O–H groups in total. The molecule has 2 aliphatic rings. The van der Waals surface area contributed by atoms with E-state index in [2.05, 4.69) is 6.07 Å². The molecular formula is C27H23N3O3S. The first-order chi connectivity index (χ1) is 16.3. The number of aryl methyl sites for hydroxylation is 2. The Morgan fingerprint density at radius 3 is 2.38 bits per heavy atom. The summed E-state index contributed by atoms with van der Waals surface area (Å²) < 4.78 is 35.8. The predicted octanol–water partition coefficient (Wildman–Crippen LogP) is 4.83. The zero-order chi connectivity index (χ0) is 24.0. The summed E-state index contributed by atoms with van der Waals surface area (Å²) in [5.74, 6) is -0.763. The fraction of sp³-hybridized carbons (Fsp3) is 0.148. The van der Waals surface area contributed by atoms with E-state index in [1.54, 1.807) is 12.1 Å². The molecule has 0 radical (unpaired) electrons. The zero-order valence-corrected chi connectivity index (χ0v) is 19.6. The Hall–Kier alpha value is -4.02. The summed E-state index contributed by atoms with van der Waals surface area (Å²) in [4.78, 5) is 0.0401. The maximum Gasteiger partial charge on any atom is 0.265 e. The lowest BCUT2D eigenvalue weighted by Crippen LogP contribution is -2.39. The summed E-state index contributed by atoms with van der Waals surface area (Å²) >= 11 is 0. The number of hydrogen-bond acceptors (Lipinski definition) is 5. The van der Waals surface area contributed by atoms with Gasteiger partial charge >= 0.3 is 0 Å². The molecule has 5 rings (SSSR count). The molecule has 34 heavy (non-hydrogen) atoms. The largest absolute Gasteiger partial charge is 0.439 e. The Morgan fingerprint density at radius 1 is 1.00 bits per heavy atom. The Morgan fingerprint density at radius 2 is 1.68 bits per heavy atom. The van der Waals surface area contributed by atoms with Crippen molar-refractivity contribution in [2.45, 2.75) is 26.3 Å². The van der Waals surface area contributed by atoms with E-state index < -0.39 is 15.9 Å². The molecule has 7 heteroatoms. The lowest BCUT2D eigenvalue weighted by Gasteiger charge is -2.38. The molecule has 3 aromatic rings. The van der Waals surface area contributed by atoms with Gasteiger partial charge in [0, 0.05) is 5.56 Å². The van der Waals surface area contributed by atoms with Gasteiger partial charge in [-0.2, -0.15) is 5.26 Å². The number of rotatable bonds is 3. The first-order valence-corrected chi connectivity index (χ1v) is 12.3. The van der Waals surface area contributed by atoms with Gasteiger partial charge in [-0.3, -0.25) is 4.31 Å². The first-order valence-electron chi connectivity index (χ1n) is 10.9.